The van der Waals surface area contributed by atoms with Gasteiger partial charge in [0.05, 0.1) is 24.1 Å². The molecule has 3 N–H and O–H groups in total. The highest BCUT2D eigenvalue weighted by molar-refractivity contribution is 8.45. The summed E-state index contributed by atoms with van der Waals surface area (Å²) < 4.78 is 85.4. The van der Waals surface area contributed by atoms with Gasteiger partial charge in [0.25, 0.3) is 0 Å². The summed E-state index contributed by atoms with van der Waals surface area (Å²) in [5, 5.41) is 11.8. The Kier molecular flexibility index (Phi) is 7.16. The Morgan fingerprint density at radius 2 is 1.89 bits per heavy atom. The van der Waals surface area contributed by atoms with Gasteiger partial charge in [0.15, 0.2) is 0 Å². The maximum Gasteiger partial charge on any atom is 0.310 e. The van der Waals surface area contributed by atoms with Crippen molar-refractivity contribution < 1.29 is 33.4 Å². The average molecular weight is 533 g/mol. The van der Waals surface area contributed by atoms with Crippen molar-refractivity contribution in [1.29, 1.82) is 5.26 Å². The average Bonchev–Trinajstić information content (AvgIpc) is 2.79. The van der Waals surface area contributed by atoms with E-state index in [1.54, 1.807) is 0 Å². The van der Waals surface area contributed by atoms with Gasteiger partial charge in [-0.1, -0.05) is 31.6 Å². The van der Waals surface area contributed by atoms with Gasteiger partial charge in [-0.3, -0.25) is 9.79 Å². The third kappa shape index (κ3) is 7.02. The molecule has 0 unspecified atom stereocenters. The van der Waals surface area contributed by atoms with Crippen LogP contribution < -0.4 is 11.1 Å². The number of anilines is 1. The molecule has 1 saturated heterocycles. The number of rotatable bonds is 7. The molecule has 0 saturated carbocycles. The van der Waals surface area contributed by atoms with Crippen molar-refractivity contribution in [2.45, 2.75) is 30.2 Å². The number of ether oxygens (including phenoxy) is 1. The Morgan fingerprint density at radius 1 is 1.19 bits per heavy atom. The molecule has 0 atom stereocenters. The van der Waals surface area contributed by atoms with Gasteiger partial charge in [-0.2, -0.15) is 5.26 Å². The number of carbonyl (C=O) groups is 1. The van der Waals surface area contributed by atoms with Gasteiger partial charge < -0.3 is 15.8 Å². The molecule has 0 bridgehead atoms. The first-order valence-corrected chi connectivity index (χ1v) is 12.5. The largest absolute Gasteiger partial charge is 0.404 e. The van der Waals surface area contributed by atoms with Crippen LogP contribution in [0, 0.1) is 17.1 Å². The zero-order chi connectivity index (χ0) is 26.6. The fraction of sp³-hybridized carbons (Fsp3) is 0.261. The van der Waals surface area contributed by atoms with Crippen LogP contribution in [-0.4, -0.2) is 31.4 Å². The summed E-state index contributed by atoms with van der Waals surface area (Å²) in [6, 6.07) is 6.10. The van der Waals surface area contributed by atoms with E-state index in [0.717, 1.165) is 30.5 Å². The maximum absolute atomic E-state index is 15.0. The highest BCUT2D eigenvalue weighted by atomic mass is 32.5. The van der Waals surface area contributed by atoms with Gasteiger partial charge in [-0.25, -0.2) is 4.39 Å². The van der Waals surface area contributed by atoms with Gasteiger partial charge in [0.2, 0.25) is 5.91 Å². The van der Waals surface area contributed by atoms with Crippen LogP contribution in [0.4, 0.5) is 29.5 Å². The van der Waals surface area contributed by atoms with Gasteiger partial charge in [0.1, 0.15) is 10.7 Å². The highest BCUT2D eigenvalue weighted by Gasteiger charge is 2.65. The summed E-state index contributed by atoms with van der Waals surface area (Å²) in [6.07, 6.45) is 3.11. The number of benzene rings is 2. The molecule has 0 spiro atoms. The van der Waals surface area contributed by atoms with Crippen LogP contribution >= 0.6 is 10.2 Å². The molecule has 6 nitrogen and oxygen atoms in total. The second kappa shape index (κ2) is 9.51. The predicted octanol–water partition coefficient (Wildman–Crippen LogP) is 6.09. The number of nitrogens with zero attached hydrogens (tertiary/aromatic N) is 2. The smallest absolute Gasteiger partial charge is 0.310 e. The molecule has 194 valence electrons. The van der Waals surface area contributed by atoms with Crippen molar-refractivity contribution in [3.05, 3.63) is 65.1 Å². The minimum atomic E-state index is -9.91. The summed E-state index contributed by atoms with van der Waals surface area (Å²) in [7, 11) is -9.91. The number of allylic oxidation sites excluding steroid dienone is 1. The maximum atomic E-state index is 15.0. The Morgan fingerprint density at radius 3 is 2.50 bits per heavy atom. The van der Waals surface area contributed by atoms with Gasteiger partial charge in [0, 0.05) is 42.5 Å². The van der Waals surface area contributed by atoms with E-state index in [2.05, 4.69) is 10.3 Å². The summed E-state index contributed by atoms with van der Waals surface area (Å²) in [6.45, 7) is 1.08. The standard InChI is InChI=1S/C23H22F6N4O2S/c24-21-11-19(33-22(34)9-15-2-1-3-20(8-15)36(25,26,27,28)29)10-16(12-30)23(21)17(13-31)14-32-18-4-6-35-7-5-18/h1-3,8,10-11,13-14,18H,4-7,9,31H2,(H,33,34)/b17-13+,32-14?. The molecule has 1 aliphatic rings. The van der Waals surface area contributed by atoms with Crippen LogP contribution in [0.15, 0.2) is 52.5 Å². The van der Waals surface area contributed by atoms with E-state index < -0.39 is 33.3 Å². The Labute approximate surface area is 203 Å². The van der Waals surface area contributed by atoms with Gasteiger partial charge in [-0.05, 0) is 42.7 Å². The first-order valence-electron chi connectivity index (χ1n) is 10.6. The lowest BCUT2D eigenvalue weighted by Crippen LogP contribution is -2.18. The normalized spacial score (nSPS) is 17.3. The molecular formula is C23H22F6N4O2S. The second-order valence-corrected chi connectivity index (χ2v) is 10.5. The number of hydrogen-bond acceptors (Lipinski definition) is 5. The van der Waals surface area contributed by atoms with Crippen LogP contribution in [0.1, 0.15) is 29.5 Å². The van der Waals surface area contributed by atoms with E-state index in [9.17, 15) is 33.9 Å². The third-order valence-electron chi connectivity index (χ3n) is 5.29. The van der Waals surface area contributed by atoms with Crippen molar-refractivity contribution in [2.75, 3.05) is 18.5 Å². The fourth-order valence-electron chi connectivity index (χ4n) is 3.56. The molecule has 0 aliphatic carbocycles. The topological polar surface area (TPSA) is 100 Å². The number of amides is 1. The summed E-state index contributed by atoms with van der Waals surface area (Å²) in [4.78, 5) is 14.6. The Hall–Kier alpha value is -3.50. The number of nitrogens with one attached hydrogen (secondary N) is 1. The Balaban J connectivity index is 1.79. The molecule has 36 heavy (non-hydrogen) atoms. The van der Waals surface area contributed by atoms with E-state index in [1.165, 1.54) is 6.21 Å². The molecular weight excluding hydrogens is 510 g/mol. The zero-order valence-electron chi connectivity index (χ0n) is 18.7. The highest BCUT2D eigenvalue weighted by Crippen LogP contribution is 3.02. The van der Waals surface area contributed by atoms with E-state index in [1.807, 2.05) is 6.07 Å². The number of nitriles is 1. The molecule has 1 fully saturated rings. The lowest BCUT2D eigenvalue weighted by atomic mass is 9.99. The zero-order valence-corrected chi connectivity index (χ0v) is 19.5. The van der Waals surface area contributed by atoms with Crippen molar-refractivity contribution in [2.24, 2.45) is 10.7 Å². The van der Waals surface area contributed by atoms with Crippen molar-refractivity contribution in [1.82, 2.24) is 0 Å². The van der Waals surface area contributed by atoms with Crippen molar-refractivity contribution in [3.63, 3.8) is 0 Å². The SMILES string of the molecule is N#Cc1cc(NC(=O)Cc2cccc(S(F)(F)(F)(F)F)c2)cc(F)c1/C(C=NC1CCOCC1)=C/N. The monoisotopic (exact) mass is 532 g/mol. The molecule has 1 heterocycles. The summed E-state index contributed by atoms with van der Waals surface area (Å²) in [5.41, 5.74) is 4.97. The predicted molar refractivity (Wildman–Crippen MR) is 126 cm³/mol. The molecule has 2 aromatic carbocycles. The minimum Gasteiger partial charge on any atom is -0.404 e. The van der Waals surface area contributed by atoms with E-state index in [4.69, 9.17) is 10.5 Å². The molecule has 1 aliphatic heterocycles. The molecule has 13 heteroatoms. The van der Waals surface area contributed by atoms with E-state index in [0.29, 0.717) is 26.1 Å². The van der Waals surface area contributed by atoms with Crippen molar-refractivity contribution >= 4 is 33.6 Å². The number of halogens is 6. The van der Waals surface area contributed by atoms with Crippen LogP contribution in [0.5, 0.6) is 0 Å². The first kappa shape index (κ1) is 27.1. The second-order valence-electron chi connectivity index (χ2n) is 8.08. The molecule has 1 amide bonds. The molecule has 3 rings (SSSR count). The number of aliphatic imine (C=N–C) groups is 1. The van der Waals surface area contributed by atoms with Gasteiger partial charge in [-0.15, -0.1) is 0 Å². The first-order chi connectivity index (χ1) is 16.7. The molecule has 2 aromatic rings. The van der Waals surface area contributed by atoms with Crippen LogP contribution in [0.3, 0.4) is 0 Å². The number of carbonyl (C=O) groups excluding carboxylic acids is 1. The van der Waals surface area contributed by atoms with Gasteiger partial charge >= 0.3 is 10.2 Å². The quantitative estimate of drug-likeness (QED) is 0.333. The lowest BCUT2D eigenvalue weighted by molar-refractivity contribution is -0.115. The lowest BCUT2D eigenvalue weighted by Gasteiger charge is -2.40. The van der Waals surface area contributed by atoms with E-state index >= 15 is 0 Å². The summed E-state index contributed by atoms with van der Waals surface area (Å²) in [5.74, 6) is -1.80. The minimum absolute atomic E-state index is 0.0430. The fourth-order valence-corrected chi connectivity index (χ4v) is 4.27. The Bertz CT molecular complexity index is 1270. The van der Waals surface area contributed by atoms with Crippen molar-refractivity contribution in [3.8, 4) is 6.07 Å². The summed E-state index contributed by atoms with van der Waals surface area (Å²) >= 11 is 0. The third-order valence-corrected chi connectivity index (χ3v) is 6.43. The van der Waals surface area contributed by atoms with E-state index in [-0.39, 0.29) is 46.1 Å². The van der Waals surface area contributed by atoms with Crippen LogP contribution in [0.25, 0.3) is 5.57 Å². The molecule has 0 aromatic heterocycles. The number of nitrogens with two attached hydrogens (primary N) is 1. The van der Waals surface area contributed by atoms with Crippen LogP contribution in [-0.2, 0) is 16.0 Å². The molecule has 0 radical (unpaired) electrons. The number of hydrogen-bond donors (Lipinski definition) is 2. The van der Waals surface area contributed by atoms with Crippen LogP contribution in [0.2, 0.25) is 0 Å².